The number of carbonyl (C=O) groups excluding carboxylic acids is 1. The Labute approximate surface area is 145 Å². The van der Waals surface area contributed by atoms with Gasteiger partial charge in [0.15, 0.2) is 0 Å². The van der Waals surface area contributed by atoms with E-state index < -0.39 is 14.1 Å². The maximum absolute atomic E-state index is 12.6. The van der Waals surface area contributed by atoms with E-state index in [1.54, 1.807) is 14.2 Å². The lowest BCUT2D eigenvalue weighted by molar-refractivity contribution is -0.118. The highest BCUT2D eigenvalue weighted by molar-refractivity contribution is 6.88. The molecule has 0 aliphatic carbocycles. The van der Waals surface area contributed by atoms with Crippen LogP contribution in [0.5, 0.6) is 5.75 Å². The van der Waals surface area contributed by atoms with Gasteiger partial charge >= 0.3 is 0 Å². The highest BCUT2D eigenvalue weighted by Crippen LogP contribution is 2.19. The summed E-state index contributed by atoms with van der Waals surface area (Å²) in [7, 11) is 2.08. The lowest BCUT2D eigenvalue weighted by atomic mass is 10.1. The van der Waals surface area contributed by atoms with Crippen molar-refractivity contribution in [3.05, 3.63) is 54.1 Å². The van der Waals surface area contributed by atoms with Gasteiger partial charge in [0, 0.05) is 5.69 Å². The number of amides is 1. The molecule has 0 saturated carbocycles. The molecule has 0 spiro atoms. The molecular weight excluding hydrogens is 316 g/mol. The predicted octanol–water partition coefficient (Wildman–Crippen LogP) is 3.14. The molecule has 5 heteroatoms. The molecule has 2 rings (SSSR count). The topological polar surface area (TPSA) is 50.4 Å². The van der Waals surface area contributed by atoms with Crippen LogP contribution in [0, 0.1) is 0 Å². The van der Waals surface area contributed by atoms with E-state index in [1.165, 1.54) is 5.19 Å². The number of rotatable bonds is 6. The minimum Gasteiger partial charge on any atom is -0.497 e. The molecule has 2 aromatic carbocycles. The molecule has 0 aromatic heterocycles. The predicted molar refractivity (Wildman–Crippen MR) is 103 cm³/mol. The number of likely N-dealkylation sites (N-methyl/N-ethyl adjacent to an activating group) is 1. The van der Waals surface area contributed by atoms with E-state index in [-0.39, 0.29) is 5.91 Å². The summed E-state index contributed by atoms with van der Waals surface area (Å²) in [4.78, 5) is 12.6. The van der Waals surface area contributed by atoms with Gasteiger partial charge in [-0.2, -0.15) is 0 Å². The van der Waals surface area contributed by atoms with Crippen LogP contribution in [0.4, 0.5) is 5.69 Å². The van der Waals surface area contributed by atoms with Crippen LogP contribution in [-0.4, -0.2) is 28.1 Å². The number of hydrogen-bond acceptors (Lipinski definition) is 3. The zero-order chi connectivity index (χ0) is 17.7. The highest BCUT2D eigenvalue weighted by Gasteiger charge is 2.20. The summed E-state index contributed by atoms with van der Waals surface area (Å²) in [6, 6.07) is 15.3. The Hall–Kier alpha value is -2.11. The zero-order valence-corrected chi connectivity index (χ0v) is 16.0. The third-order valence-electron chi connectivity index (χ3n) is 4.02. The van der Waals surface area contributed by atoms with Gasteiger partial charge < -0.3 is 15.4 Å². The lowest BCUT2D eigenvalue weighted by Gasteiger charge is -2.19. The van der Waals surface area contributed by atoms with Crippen LogP contribution in [0.2, 0.25) is 19.6 Å². The van der Waals surface area contributed by atoms with Gasteiger partial charge in [0.2, 0.25) is 5.91 Å². The Kier molecular flexibility index (Phi) is 5.80. The number of methoxy groups -OCH3 is 1. The molecule has 1 amide bonds. The lowest BCUT2D eigenvalue weighted by Crippen LogP contribution is -2.37. The highest BCUT2D eigenvalue weighted by atomic mass is 28.3. The molecule has 0 radical (unpaired) electrons. The number of benzene rings is 2. The van der Waals surface area contributed by atoms with Crippen LogP contribution >= 0.6 is 0 Å². The molecule has 0 saturated heterocycles. The number of nitrogens with one attached hydrogen (secondary N) is 2. The summed E-state index contributed by atoms with van der Waals surface area (Å²) in [6.45, 7) is 6.92. The number of ether oxygens (including phenoxy) is 1. The number of hydrogen-bond donors (Lipinski definition) is 2. The standard InChI is InChI=1S/C19H26N2O2Si/c1-20-18(14-6-10-16(23-2)11-7-14)19(22)21-15-8-12-17(13-9-15)24(3,4)5/h6-13,18,20H,1-5H3,(H,21,22)/t18-/m0/s1. The van der Waals surface area contributed by atoms with E-state index in [2.05, 4.69) is 42.4 Å². The average Bonchev–Trinajstić information content (AvgIpc) is 2.56. The minimum absolute atomic E-state index is 0.0802. The fourth-order valence-electron chi connectivity index (χ4n) is 2.51. The van der Waals surface area contributed by atoms with Crippen LogP contribution in [-0.2, 0) is 4.79 Å². The second-order valence-electron chi connectivity index (χ2n) is 6.81. The van der Waals surface area contributed by atoms with Crippen molar-refractivity contribution in [1.82, 2.24) is 5.32 Å². The first kappa shape index (κ1) is 18.2. The van der Waals surface area contributed by atoms with E-state index in [4.69, 9.17) is 4.74 Å². The van der Waals surface area contributed by atoms with Gasteiger partial charge in [-0.3, -0.25) is 4.79 Å². The maximum atomic E-state index is 12.6. The van der Waals surface area contributed by atoms with E-state index >= 15 is 0 Å². The second kappa shape index (κ2) is 7.64. The smallest absolute Gasteiger partial charge is 0.246 e. The van der Waals surface area contributed by atoms with E-state index in [0.717, 1.165) is 17.0 Å². The first-order valence-corrected chi connectivity index (χ1v) is 11.6. The SMILES string of the molecule is CN[C@H](C(=O)Nc1ccc([Si](C)(C)C)cc1)c1ccc(OC)cc1. The molecule has 1 atom stereocenters. The van der Waals surface area contributed by atoms with Crippen LogP contribution in [0.25, 0.3) is 0 Å². The van der Waals surface area contributed by atoms with Crippen molar-refractivity contribution in [2.24, 2.45) is 0 Å². The molecule has 128 valence electrons. The van der Waals surface area contributed by atoms with Gasteiger partial charge in [-0.1, -0.05) is 49.1 Å². The summed E-state index contributed by atoms with van der Waals surface area (Å²) in [6.07, 6.45) is 0. The van der Waals surface area contributed by atoms with Crippen LogP contribution in [0.15, 0.2) is 48.5 Å². The van der Waals surface area contributed by atoms with Crippen molar-refractivity contribution >= 4 is 24.9 Å². The van der Waals surface area contributed by atoms with Gasteiger partial charge in [0.05, 0.1) is 15.2 Å². The molecule has 0 aliphatic heterocycles. The number of carbonyl (C=O) groups is 1. The maximum Gasteiger partial charge on any atom is 0.246 e. The van der Waals surface area contributed by atoms with Crippen LogP contribution in [0.3, 0.4) is 0 Å². The van der Waals surface area contributed by atoms with E-state index in [0.29, 0.717) is 0 Å². The molecule has 2 N–H and O–H groups in total. The molecule has 0 bridgehead atoms. The summed E-state index contributed by atoms with van der Waals surface area (Å²) < 4.78 is 5.16. The third-order valence-corrected chi connectivity index (χ3v) is 6.08. The van der Waals surface area contributed by atoms with Crippen molar-refractivity contribution in [2.75, 3.05) is 19.5 Å². The van der Waals surface area contributed by atoms with Crippen molar-refractivity contribution in [1.29, 1.82) is 0 Å². The fraction of sp³-hybridized carbons (Fsp3) is 0.316. The van der Waals surface area contributed by atoms with E-state index in [1.807, 2.05) is 36.4 Å². The Morgan fingerprint density at radius 1 is 1.00 bits per heavy atom. The molecule has 2 aromatic rings. The fourth-order valence-corrected chi connectivity index (χ4v) is 3.68. The van der Waals surface area contributed by atoms with E-state index in [9.17, 15) is 4.79 Å². The Morgan fingerprint density at radius 3 is 2.04 bits per heavy atom. The Balaban J connectivity index is 2.11. The summed E-state index contributed by atoms with van der Waals surface area (Å²) in [5.74, 6) is 0.694. The summed E-state index contributed by atoms with van der Waals surface area (Å²) in [5.41, 5.74) is 1.71. The molecule has 0 fully saturated rings. The van der Waals surface area contributed by atoms with Gasteiger partial charge in [-0.05, 0) is 36.9 Å². The van der Waals surface area contributed by atoms with Gasteiger partial charge in [-0.25, -0.2) is 0 Å². The Bertz CT molecular complexity index is 676. The van der Waals surface area contributed by atoms with Gasteiger partial charge in [-0.15, -0.1) is 0 Å². The monoisotopic (exact) mass is 342 g/mol. The molecule has 0 heterocycles. The quantitative estimate of drug-likeness (QED) is 0.793. The minimum atomic E-state index is -1.32. The van der Waals surface area contributed by atoms with Crippen molar-refractivity contribution in [3.8, 4) is 5.75 Å². The largest absolute Gasteiger partial charge is 0.497 e. The normalized spacial score (nSPS) is 12.5. The number of anilines is 1. The summed E-state index contributed by atoms with van der Waals surface area (Å²) in [5, 5.41) is 7.42. The first-order chi connectivity index (χ1) is 11.3. The molecule has 0 aliphatic rings. The van der Waals surface area contributed by atoms with Gasteiger partial charge in [0.25, 0.3) is 0 Å². The first-order valence-electron chi connectivity index (χ1n) is 8.08. The molecule has 4 nitrogen and oxygen atoms in total. The average molecular weight is 343 g/mol. The van der Waals surface area contributed by atoms with Crippen molar-refractivity contribution < 1.29 is 9.53 Å². The van der Waals surface area contributed by atoms with Gasteiger partial charge in [0.1, 0.15) is 11.8 Å². The van der Waals surface area contributed by atoms with Crippen molar-refractivity contribution in [2.45, 2.75) is 25.7 Å². The van der Waals surface area contributed by atoms with Crippen LogP contribution < -0.4 is 20.6 Å². The third kappa shape index (κ3) is 4.46. The zero-order valence-electron chi connectivity index (χ0n) is 15.0. The molecular formula is C19H26N2O2Si. The van der Waals surface area contributed by atoms with Crippen molar-refractivity contribution in [3.63, 3.8) is 0 Å². The summed E-state index contributed by atoms with van der Waals surface area (Å²) >= 11 is 0. The Morgan fingerprint density at radius 2 is 1.58 bits per heavy atom. The molecule has 0 unspecified atom stereocenters. The molecule has 24 heavy (non-hydrogen) atoms. The second-order valence-corrected chi connectivity index (χ2v) is 11.9. The van der Waals surface area contributed by atoms with Crippen LogP contribution in [0.1, 0.15) is 11.6 Å².